The summed E-state index contributed by atoms with van der Waals surface area (Å²) in [7, 11) is 0. The van der Waals surface area contributed by atoms with E-state index in [1.807, 2.05) is 16.0 Å². The van der Waals surface area contributed by atoms with Gasteiger partial charge in [0.2, 0.25) is 0 Å². The molecule has 0 aromatic carbocycles. The highest BCUT2D eigenvalue weighted by Crippen LogP contribution is 2.26. The van der Waals surface area contributed by atoms with Gasteiger partial charge < -0.3 is 5.32 Å². The smallest absolute Gasteiger partial charge is 0.141 e. The van der Waals surface area contributed by atoms with Crippen LogP contribution in [0.1, 0.15) is 44.4 Å². The van der Waals surface area contributed by atoms with E-state index in [0.29, 0.717) is 6.04 Å². The first-order valence-corrected chi connectivity index (χ1v) is 7.52. The van der Waals surface area contributed by atoms with E-state index in [1.165, 1.54) is 4.88 Å². The Morgan fingerprint density at radius 1 is 1.42 bits per heavy atom. The second kappa shape index (κ2) is 5.84. The average molecular weight is 278 g/mol. The van der Waals surface area contributed by atoms with Crippen LogP contribution in [0.25, 0.3) is 0 Å². The van der Waals surface area contributed by atoms with Crippen molar-refractivity contribution in [3.05, 3.63) is 34.5 Å². The zero-order valence-electron chi connectivity index (χ0n) is 12.1. The summed E-state index contributed by atoms with van der Waals surface area (Å²) in [5.74, 6) is 0.997. The Morgan fingerprint density at radius 2 is 2.21 bits per heavy atom. The highest BCUT2D eigenvalue weighted by Gasteiger charge is 2.21. The van der Waals surface area contributed by atoms with Gasteiger partial charge in [0.15, 0.2) is 0 Å². The Labute approximate surface area is 118 Å². The van der Waals surface area contributed by atoms with Gasteiger partial charge in [0, 0.05) is 22.9 Å². The molecule has 0 aliphatic rings. The zero-order chi connectivity index (χ0) is 13.9. The molecule has 2 heterocycles. The maximum absolute atomic E-state index is 4.31. The molecule has 0 radical (unpaired) electrons. The quantitative estimate of drug-likeness (QED) is 0.883. The van der Waals surface area contributed by atoms with Crippen LogP contribution in [0.15, 0.2) is 23.8 Å². The number of nitrogens with one attached hydrogen (secondary N) is 1. The van der Waals surface area contributed by atoms with Crippen molar-refractivity contribution in [2.75, 3.05) is 6.54 Å². The van der Waals surface area contributed by atoms with Crippen LogP contribution in [-0.2, 0) is 12.0 Å². The number of hydrogen-bond acceptors (Lipinski definition) is 4. The molecule has 2 rings (SSSR count). The molecule has 2 aromatic heterocycles. The van der Waals surface area contributed by atoms with Gasteiger partial charge in [-0.05, 0) is 25.3 Å². The van der Waals surface area contributed by atoms with Gasteiger partial charge in [-0.3, -0.25) is 0 Å². The molecule has 4 nitrogen and oxygen atoms in total. The first kappa shape index (κ1) is 14.2. The van der Waals surface area contributed by atoms with Crippen molar-refractivity contribution in [2.45, 2.75) is 45.7 Å². The number of nitrogens with zero attached hydrogens (tertiary/aromatic N) is 3. The SMILES string of the molecule is CC(C)n1ncnc1CNCC(C)(C)c1cccs1. The molecule has 5 heteroatoms. The third kappa shape index (κ3) is 3.42. The second-order valence-electron chi connectivity index (χ2n) is 5.68. The molecule has 19 heavy (non-hydrogen) atoms. The Bertz CT molecular complexity index is 499. The molecule has 0 saturated heterocycles. The molecule has 0 atom stereocenters. The summed E-state index contributed by atoms with van der Waals surface area (Å²) >= 11 is 1.81. The zero-order valence-corrected chi connectivity index (χ0v) is 12.9. The van der Waals surface area contributed by atoms with Gasteiger partial charge in [0.05, 0.1) is 6.54 Å². The first-order chi connectivity index (χ1) is 9.00. The lowest BCUT2D eigenvalue weighted by molar-refractivity contribution is 0.447. The molecule has 0 amide bonds. The van der Waals surface area contributed by atoms with E-state index in [1.54, 1.807) is 6.33 Å². The van der Waals surface area contributed by atoms with Gasteiger partial charge in [0.1, 0.15) is 12.2 Å². The highest BCUT2D eigenvalue weighted by atomic mass is 32.1. The molecule has 104 valence electrons. The van der Waals surface area contributed by atoms with Crippen molar-refractivity contribution in [3.63, 3.8) is 0 Å². The van der Waals surface area contributed by atoms with Gasteiger partial charge in [-0.1, -0.05) is 19.9 Å². The van der Waals surface area contributed by atoms with Crippen LogP contribution in [0, 0.1) is 0 Å². The van der Waals surface area contributed by atoms with E-state index in [2.05, 4.69) is 60.6 Å². The Kier molecular flexibility index (Phi) is 4.37. The molecular weight excluding hydrogens is 256 g/mol. The molecule has 0 unspecified atom stereocenters. The molecule has 0 aliphatic heterocycles. The van der Waals surface area contributed by atoms with Gasteiger partial charge >= 0.3 is 0 Å². The van der Waals surface area contributed by atoms with Crippen molar-refractivity contribution in [1.29, 1.82) is 0 Å². The summed E-state index contributed by atoms with van der Waals surface area (Å²) in [6.45, 7) is 10.4. The fourth-order valence-electron chi connectivity index (χ4n) is 2.07. The minimum Gasteiger partial charge on any atom is -0.309 e. The lowest BCUT2D eigenvalue weighted by atomic mass is 9.91. The maximum atomic E-state index is 4.31. The normalized spacial score (nSPS) is 12.3. The van der Waals surface area contributed by atoms with Crippen LogP contribution in [0.2, 0.25) is 0 Å². The van der Waals surface area contributed by atoms with Crippen LogP contribution >= 0.6 is 11.3 Å². The summed E-state index contributed by atoms with van der Waals surface area (Å²) < 4.78 is 1.96. The molecule has 0 aliphatic carbocycles. The van der Waals surface area contributed by atoms with Crippen LogP contribution in [0.3, 0.4) is 0 Å². The molecule has 0 saturated carbocycles. The average Bonchev–Trinajstić information content (AvgIpc) is 2.99. The predicted octanol–water partition coefficient (Wildman–Crippen LogP) is 2.99. The molecule has 0 spiro atoms. The lowest BCUT2D eigenvalue weighted by Crippen LogP contribution is -2.32. The van der Waals surface area contributed by atoms with Gasteiger partial charge in [-0.2, -0.15) is 5.10 Å². The summed E-state index contributed by atoms with van der Waals surface area (Å²) in [5, 5.41) is 9.87. The third-order valence-electron chi connectivity index (χ3n) is 3.17. The van der Waals surface area contributed by atoms with Gasteiger partial charge in [-0.25, -0.2) is 9.67 Å². The summed E-state index contributed by atoms with van der Waals surface area (Å²) in [6.07, 6.45) is 1.63. The summed E-state index contributed by atoms with van der Waals surface area (Å²) in [6, 6.07) is 4.66. The lowest BCUT2D eigenvalue weighted by Gasteiger charge is -2.23. The van der Waals surface area contributed by atoms with E-state index in [4.69, 9.17) is 0 Å². The molecule has 0 bridgehead atoms. The van der Waals surface area contributed by atoms with E-state index in [0.717, 1.165) is 18.9 Å². The Balaban J connectivity index is 1.91. The van der Waals surface area contributed by atoms with Gasteiger partial charge in [0.25, 0.3) is 0 Å². The van der Waals surface area contributed by atoms with Crippen LogP contribution < -0.4 is 5.32 Å². The molecular formula is C14H22N4S. The summed E-state index contributed by atoms with van der Waals surface area (Å²) in [5.41, 5.74) is 0.150. The standard InChI is InChI=1S/C14H22N4S/c1-11(2)18-13(16-10-17-18)8-15-9-14(3,4)12-6-5-7-19-12/h5-7,10-11,15H,8-9H2,1-4H3. The van der Waals surface area contributed by atoms with Crippen molar-refractivity contribution in [1.82, 2.24) is 20.1 Å². The molecule has 1 N–H and O–H groups in total. The number of hydrogen-bond donors (Lipinski definition) is 1. The Hall–Kier alpha value is -1.20. The fraction of sp³-hybridized carbons (Fsp3) is 0.571. The van der Waals surface area contributed by atoms with Crippen molar-refractivity contribution < 1.29 is 0 Å². The minimum atomic E-state index is 0.150. The number of rotatable bonds is 6. The predicted molar refractivity (Wildman–Crippen MR) is 79.5 cm³/mol. The van der Waals surface area contributed by atoms with E-state index < -0.39 is 0 Å². The number of thiophene rings is 1. The first-order valence-electron chi connectivity index (χ1n) is 6.64. The molecule has 2 aromatic rings. The van der Waals surface area contributed by atoms with E-state index in [9.17, 15) is 0 Å². The van der Waals surface area contributed by atoms with Gasteiger partial charge in [-0.15, -0.1) is 11.3 Å². The fourth-order valence-corrected chi connectivity index (χ4v) is 2.92. The van der Waals surface area contributed by atoms with Crippen molar-refractivity contribution >= 4 is 11.3 Å². The Morgan fingerprint density at radius 3 is 2.84 bits per heavy atom. The number of aromatic nitrogens is 3. The monoisotopic (exact) mass is 278 g/mol. The topological polar surface area (TPSA) is 42.7 Å². The van der Waals surface area contributed by atoms with Crippen LogP contribution in [0.5, 0.6) is 0 Å². The molecule has 0 fully saturated rings. The third-order valence-corrected chi connectivity index (χ3v) is 4.41. The van der Waals surface area contributed by atoms with Crippen LogP contribution in [0.4, 0.5) is 0 Å². The van der Waals surface area contributed by atoms with E-state index >= 15 is 0 Å². The highest BCUT2D eigenvalue weighted by molar-refractivity contribution is 7.10. The van der Waals surface area contributed by atoms with Crippen molar-refractivity contribution in [3.8, 4) is 0 Å². The van der Waals surface area contributed by atoms with Crippen molar-refractivity contribution in [2.24, 2.45) is 0 Å². The second-order valence-corrected chi connectivity index (χ2v) is 6.63. The largest absolute Gasteiger partial charge is 0.309 e. The van der Waals surface area contributed by atoms with Crippen LogP contribution in [-0.4, -0.2) is 21.3 Å². The summed E-state index contributed by atoms with van der Waals surface area (Å²) in [4.78, 5) is 5.72. The minimum absolute atomic E-state index is 0.150. The maximum Gasteiger partial charge on any atom is 0.141 e. The van der Waals surface area contributed by atoms with E-state index in [-0.39, 0.29) is 5.41 Å².